The van der Waals surface area contributed by atoms with E-state index in [2.05, 4.69) is 51.6 Å². The minimum atomic E-state index is -0.420. The molecule has 3 aromatic rings. The molecule has 2 saturated heterocycles. The van der Waals surface area contributed by atoms with Crippen LogP contribution >= 0.6 is 0 Å². The maximum Gasteiger partial charge on any atom is 0.231 e. The SMILES string of the molecule is CC(C)n1cnc([C@H]2CN(Cc3ccncc3)C[C@@]23CCN(Cc2ccncc2)C3=O)c1. The van der Waals surface area contributed by atoms with Crippen molar-refractivity contribution >= 4 is 5.91 Å². The van der Waals surface area contributed by atoms with E-state index in [1.54, 1.807) is 12.4 Å². The Bertz CT molecular complexity index is 1070. The summed E-state index contributed by atoms with van der Waals surface area (Å²) in [7, 11) is 0. The van der Waals surface area contributed by atoms with Crippen LogP contribution in [0.5, 0.6) is 0 Å². The minimum Gasteiger partial charge on any atom is -0.338 e. The molecule has 2 fully saturated rings. The van der Waals surface area contributed by atoms with E-state index in [4.69, 9.17) is 4.98 Å². The molecule has 7 nitrogen and oxygen atoms in total. The van der Waals surface area contributed by atoms with Crippen molar-refractivity contribution in [2.24, 2.45) is 5.41 Å². The predicted molar refractivity (Wildman–Crippen MR) is 122 cm³/mol. The second-order valence-corrected chi connectivity index (χ2v) is 9.41. The Morgan fingerprint density at radius 2 is 1.69 bits per heavy atom. The standard InChI is InChI=1S/C25H30N6O/c1-19(2)31-16-23(28-18-31)22-15-29(13-20-3-8-26-9-4-20)17-25(22)7-12-30(24(25)32)14-21-5-10-27-11-6-21/h3-6,8-11,16,18-19,22H,7,12-15,17H2,1-2H3/t22-,25+/m1/s1. The third-order valence-corrected chi connectivity index (χ3v) is 7.01. The molecule has 5 heterocycles. The highest BCUT2D eigenvalue weighted by Gasteiger charge is 2.57. The van der Waals surface area contributed by atoms with Gasteiger partial charge in [0.25, 0.3) is 0 Å². The van der Waals surface area contributed by atoms with E-state index < -0.39 is 5.41 Å². The number of hydrogen-bond donors (Lipinski definition) is 0. The Kier molecular flexibility index (Phi) is 5.51. The van der Waals surface area contributed by atoms with Crippen molar-refractivity contribution in [3.63, 3.8) is 0 Å². The largest absolute Gasteiger partial charge is 0.338 e. The number of hydrogen-bond acceptors (Lipinski definition) is 5. The zero-order chi connectivity index (χ0) is 22.1. The number of rotatable bonds is 6. The minimum absolute atomic E-state index is 0.0966. The zero-order valence-corrected chi connectivity index (χ0v) is 18.8. The Labute approximate surface area is 189 Å². The van der Waals surface area contributed by atoms with Gasteiger partial charge in [-0.25, -0.2) is 4.98 Å². The van der Waals surface area contributed by atoms with E-state index in [1.807, 2.05) is 35.8 Å². The Hall–Kier alpha value is -3.06. The summed E-state index contributed by atoms with van der Waals surface area (Å²) < 4.78 is 2.14. The van der Waals surface area contributed by atoms with E-state index in [0.717, 1.165) is 43.9 Å². The smallest absolute Gasteiger partial charge is 0.231 e. The van der Waals surface area contributed by atoms with Crippen LogP contribution in [-0.2, 0) is 17.9 Å². The number of aromatic nitrogens is 4. The lowest BCUT2D eigenvalue weighted by Crippen LogP contribution is -2.39. The molecule has 1 amide bonds. The van der Waals surface area contributed by atoms with Crippen molar-refractivity contribution in [1.82, 2.24) is 29.3 Å². The molecule has 0 bridgehead atoms. The van der Waals surface area contributed by atoms with E-state index >= 15 is 0 Å². The molecule has 2 aliphatic heterocycles. The van der Waals surface area contributed by atoms with Gasteiger partial charge in [0, 0.05) is 75.7 Å². The van der Waals surface area contributed by atoms with Crippen LogP contribution in [0.15, 0.2) is 61.6 Å². The summed E-state index contributed by atoms with van der Waals surface area (Å²) in [5.41, 5.74) is 2.96. The fraction of sp³-hybridized carbons (Fsp3) is 0.440. The summed E-state index contributed by atoms with van der Waals surface area (Å²) in [6.07, 6.45) is 12.2. The zero-order valence-electron chi connectivity index (χ0n) is 18.8. The summed E-state index contributed by atoms with van der Waals surface area (Å²) in [5, 5.41) is 0. The van der Waals surface area contributed by atoms with Crippen LogP contribution in [0.2, 0.25) is 0 Å². The number of likely N-dealkylation sites (tertiary alicyclic amines) is 2. The van der Waals surface area contributed by atoms with Gasteiger partial charge >= 0.3 is 0 Å². The Balaban J connectivity index is 1.43. The van der Waals surface area contributed by atoms with Gasteiger partial charge in [0.1, 0.15) is 0 Å². The molecular formula is C25H30N6O. The maximum atomic E-state index is 13.9. The molecule has 1 spiro atoms. The van der Waals surface area contributed by atoms with Crippen molar-refractivity contribution in [2.45, 2.75) is 45.3 Å². The number of nitrogens with zero attached hydrogens (tertiary/aromatic N) is 6. The fourth-order valence-corrected chi connectivity index (χ4v) is 5.25. The van der Waals surface area contributed by atoms with Crippen molar-refractivity contribution in [3.05, 3.63) is 78.4 Å². The summed E-state index contributed by atoms with van der Waals surface area (Å²) in [5.74, 6) is 0.356. The number of imidazole rings is 1. The van der Waals surface area contributed by atoms with Crippen LogP contribution in [0.4, 0.5) is 0 Å². The molecule has 32 heavy (non-hydrogen) atoms. The molecule has 7 heteroatoms. The van der Waals surface area contributed by atoms with Crippen molar-refractivity contribution in [2.75, 3.05) is 19.6 Å². The van der Waals surface area contributed by atoms with Crippen LogP contribution in [0.3, 0.4) is 0 Å². The highest BCUT2D eigenvalue weighted by atomic mass is 16.2. The van der Waals surface area contributed by atoms with E-state index in [-0.39, 0.29) is 11.8 Å². The average molecular weight is 431 g/mol. The molecule has 0 radical (unpaired) electrons. The normalized spacial score (nSPS) is 23.7. The first kappa shape index (κ1) is 20.8. The van der Waals surface area contributed by atoms with Gasteiger partial charge in [0.05, 0.1) is 17.4 Å². The van der Waals surface area contributed by atoms with Gasteiger partial charge in [-0.2, -0.15) is 0 Å². The average Bonchev–Trinajstić information content (AvgIpc) is 3.50. The van der Waals surface area contributed by atoms with Gasteiger partial charge in [0.2, 0.25) is 5.91 Å². The molecule has 0 saturated carbocycles. The Morgan fingerprint density at radius 3 is 2.31 bits per heavy atom. The maximum absolute atomic E-state index is 13.9. The third kappa shape index (κ3) is 3.81. The first-order valence-corrected chi connectivity index (χ1v) is 11.4. The molecule has 5 rings (SSSR count). The molecule has 0 N–H and O–H groups in total. The molecule has 2 aliphatic rings. The second-order valence-electron chi connectivity index (χ2n) is 9.41. The molecule has 3 aromatic heterocycles. The van der Waals surface area contributed by atoms with Crippen molar-refractivity contribution in [3.8, 4) is 0 Å². The third-order valence-electron chi connectivity index (χ3n) is 7.01. The van der Waals surface area contributed by atoms with Gasteiger partial charge in [-0.1, -0.05) is 0 Å². The molecule has 0 aliphatic carbocycles. The number of carbonyl (C=O) groups excluding carboxylic acids is 1. The lowest BCUT2D eigenvalue weighted by Gasteiger charge is -2.28. The van der Waals surface area contributed by atoms with Gasteiger partial charge in [-0.3, -0.25) is 19.7 Å². The first-order valence-electron chi connectivity index (χ1n) is 11.4. The van der Waals surface area contributed by atoms with Crippen LogP contribution in [0.1, 0.15) is 49.0 Å². The van der Waals surface area contributed by atoms with Crippen LogP contribution in [0, 0.1) is 5.41 Å². The van der Waals surface area contributed by atoms with Gasteiger partial charge in [-0.05, 0) is 55.7 Å². The number of pyridine rings is 2. The lowest BCUT2D eigenvalue weighted by molar-refractivity contribution is -0.136. The molecule has 166 valence electrons. The van der Waals surface area contributed by atoms with Crippen LogP contribution in [-0.4, -0.2) is 54.9 Å². The van der Waals surface area contributed by atoms with Crippen molar-refractivity contribution < 1.29 is 4.79 Å². The summed E-state index contributed by atoms with van der Waals surface area (Å²) in [6, 6.07) is 8.44. The summed E-state index contributed by atoms with van der Waals surface area (Å²) >= 11 is 0. The van der Waals surface area contributed by atoms with Gasteiger partial charge in [-0.15, -0.1) is 0 Å². The summed E-state index contributed by atoms with van der Waals surface area (Å²) in [4.78, 5) is 31.4. The van der Waals surface area contributed by atoms with Gasteiger partial charge < -0.3 is 9.47 Å². The topological polar surface area (TPSA) is 67.2 Å². The highest BCUT2D eigenvalue weighted by Crippen LogP contribution is 2.50. The quantitative estimate of drug-likeness (QED) is 0.600. The molecular weight excluding hydrogens is 400 g/mol. The highest BCUT2D eigenvalue weighted by molar-refractivity contribution is 5.86. The first-order chi connectivity index (χ1) is 15.5. The van der Waals surface area contributed by atoms with E-state index in [1.165, 1.54) is 5.56 Å². The summed E-state index contributed by atoms with van der Waals surface area (Å²) in [6.45, 7) is 8.16. The Morgan fingerprint density at radius 1 is 1.03 bits per heavy atom. The predicted octanol–water partition coefficient (Wildman–Crippen LogP) is 3.27. The number of amides is 1. The molecule has 0 unspecified atom stereocenters. The molecule has 0 aromatic carbocycles. The van der Waals surface area contributed by atoms with Gasteiger partial charge in [0.15, 0.2) is 0 Å². The lowest BCUT2D eigenvalue weighted by atomic mass is 9.75. The monoisotopic (exact) mass is 430 g/mol. The fourth-order valence-electron chi connectivity index (χ4n) is 5.25. The molecule has 2 atom stereocenters. The van der Waals surface area contributed by atoms with Crippen LogP contribution in [0.25, 0.3) is 0 Å². The van der Waals surface area contributed by atoms with Crippen molar-refractivity contribution in [1.29, 1.82) is 0 Å². The number of carbonyl (C=O) groups is 1. The second kappa shape index (κ2) is 8.47. The van der Waals surface area contributed by atoms with E-state index in [0.29, 0.717) is 12.6 Å². The van der Waals surface area contributed by atoms with E-state index in [9.17, 15) is 4.79 Å². The van der Waals surface area contributed by atoms with Crippen LogP contribution < -0.4 is 0 Å².